The highest BCUT2D eigenvalue weighted by atomic mass is 15.1. The highest BCUT2D eigenvalue weighted by Crippen LogP contribution is 2.45. The van der Waals surface area contributed by atoms with E-state index >= 15 is 0 Å². The first-order chi connectivity index (χ1) is 9.30. The zero-order valence-corrected chi connectivity index (χ0v) is 11.9. The Hall–Kier alpha value is -1.32. The topological polar surface area (TPSA) is 49.8 Å². The zero-order chi connectivity index (χ0) is 13.2. The van der Waals surface area contributed by atoms with Crippen molar-refractivity contribution < 1.29 is 0 Å². The van der Waals surface area contributed by atoms with Gasteiger partial charge in [0.05, 0.1) is 0 Å². The number of rotatable bonds is 7. The van der Waals surface area contributed by atoms with Gasteiger partial charge in [-0.1, -0.05) is 6.92 Å². The van der Waals surface area contributed by atoms with E-state index in [0.29, 0.717) is 6.04 Å². The summed E-state index contributed by atoms with van der Waals surface area (Å²) < 4.78 is 0. The van der Waals surface area contributed by atoms with Gasteiger partial charge in [0, 0.05) is 25.1 Å². The van der Waals surface area contributed by atoms with Crippen LogP contribution >= 0.6 is 0 Å². The van der Waals surface area contributed by atoms with Crippen LogP contribution in [0.5, 0.6) is 0 Å². The van der Waals surface area contributed by atoms with Crippen molar-refractivity contribution >= 4 is 11.6 Å². The molecular weight excluding hydrogens is 236 g/mol. The van der Waals surface area contributed by atoms with Crippen molar-refractivity contribution in [2.45, 2.75) is 52.0 Å². The quantitative estimate of drug-likeness (QED) is 0.791. The second kappa shape index (κ2) is 5.35. The summed E-state index contributed by atoms with van der Waals surface area (Å²) in [5.74, 6) is 4.64. The van der Waals surface area contributed by atoms with Gasteiger partial charge in [-0.05, 0) is 44.4 Å². The normalized spacial score (nSPS) is 18.7. The summed E-state index contributed by atoms with van der Waals surface area (Å²) in [5, 5.41) is 6.98. The van der Waals surface area contributed by atoms with Gasteiger partial charge in [-0.15, -0.1) is 0 Å². The number of hydrogen-bond donors (Lipinski definition) is 2. The Morgan fingerprint density at radius 2 is 1.74 bits per heavy atom. The Bertz CT molecular complexity index is 426. The molecule has 0 aliphatic heterocycles. The molecule has 0 unspecified atom stereocenters. The van der Waals surface area contributed by atoms with Gasteiger partial charge < -0.3 is 10.6 Å². The molecule has 2 saturated carbocycles. The first kappa shape index (κ1) is 12.7. The van der Waals surface area contributed by atoms with Crippen LogP contribution in [0.4, 0.5) is 11.6 Å². The lowest BCUT2D eigenvalue weighted by atomic mass is 10.1. The molecule has 1 aromatic heterocycles. The predicted octanol–water partition coefficient (Wildman–Crippen LogP) is 3.07. The van der Waals surface area contributed by atoms with Gasteiger partial charge in [0.1, 0.15) is 17.5 Å². The van der Waals surface area contributed by atoms with Crippen molar-refractivity contribution in [3.05, 3.63) is 11.9 Å². The highest BCUT2D eigenvalue weighted by Gasteiger charge is 2.41. The number of aromatic nitrogens is 2. The average Bonchev–Trinajstić information content (AvgIpc) is 3.29. The third-order valence-corrected chi connectivity index (χ3v) is 4.02. The van der Waals surface area contributed by atoms with Gasteiger partial charge >= 0.3 is 0 Å². The van der Waals surface area contributed by atoms with Crippen molar-refractivity contribution in [3.8, 4) is 0 Å². The van der Waals surface area contributed by atoms with Gasteiger partial charge in [-0.3, -0.25) is 0 Å². The third-order valence-electron chi connectivity index (χ3n) is 4.02. The number of nitrogens with one attached hydrogen (secondary N) is 2. The number of anilines is 2. The van der Waals surface area contributed by atoms with Crippen LogP contribution in [0.1, 0.15) is 45.4 Å². The second-order valence-corrected chi connectivity index (χ2v) is 5.78. The van der Waals surface area contributed by atoms with Crippen LogP contribution in [0.2, 0.25) is 0 Å². The molecule has 4 nitrogen and oxygen atoms in total. The fourth-order valence-electron chi connectivity index (χ4n) is 2.70. The second-order valence-electron chi connectivity index (χ2n) is 5.78. The van der Waals surface area contributed by atoms with Crippen molar-refractivity contribution in [2.75, 3.05) is 17.2 Å². The van der Waals surface area contributed by atoms with E-state index in [0.717, 1.165) is 42.3 Å². The summed E-state index contributed by atoms with van der Waals surface area (Å²) in [6.45, 7) is 5.10. The summed E-state index contributed by atoms with van der Waals surface area (Å²) in [6, 6.07) is 2.70. The standard InChI is InChI=1S/C15H24N4/c1-3-12-17-13(16-4-2)9-14(18-12)19-15(10-5-6-10)11-7-8-11/h9-11,15H,3-8H2,1-2H3,(H2,16,17,18,19). The fraction of sp³-hybridized carbons (Fsp3) is 0.733. The lowest BCUT2D eigenvalue weighted by Crippen LogP contribution is -2.25. The minimum absolute atomic E-state index is 0.647. The average molecular weight is 260 g/mol. The van der Waals surface area contributed by atoms with E-state index < -0.39 is 0 Å². The van der Waals surface area contributed by atoms with E-state index in [1.807, 2.05) is 0 Å². The fourth-order valence-corrected chi connectivity index (χ4v) is 2.70. The molecule has 2 aliphatic carbocycles. The van der Waals surface area contributed by atoms with Crippen LogP contribution in [-0.4, -0.2) is 22.6 Å². The number of nitrogens with zero attached hydrogens (tertiary/aromatic N) is 2. The van der Waals surface area contributed by atoms with E-state index in [1.54, 1.807) is 0 Å². The summed E-state index contributed by atoms with van der Waals surface area (Å²) in [6.07, 6.45) is 6.44. The number of aryl methyl sites for hydroxylation is 1. The largest absolute Gasteiger partial charge is 0.370 e. The Kier molecular flexibility index (Phi) is 3.58. The maximum Gasteiger partial charge on any atom is 0.132 e. The summed E-state index contributed by atoms with van der Waals surface area (Å²) >= 11 is 0. The van der Waals surface area contributed by atoms with Gasteiger partial charge in [0.25, 0.3) is 0 Å². The highest BCUT2D eigenvalue weighted by molar-refractivity contribution is 5.48. The van der Waals surface area contributed by atoms with E-state index in [1.165, 1.54) is 25.7 Å². The van der Waals surface area contributed by atoms with Crippen molar-refractivity contribution in [1.82, 2.24) is 9.97 Å². The summed E-state index contributed by atoms with van der Waals surface area (Å²) in [7, 11) is 0. The minimum atomic E-state index is 0.647. The van der Waals surface area contributed by atoms with Crippen LogP contribution in [0.3, 0.4) is 0 Å². The molecule has 2 fully saturated rings. The molecule has 2 N–H and O–H groups in total. The molecule has 3 rings (SSSR count). The van der Waals surface area contributed by atoms with Crippen LogP contribution in [-0.2, 0) is 6.42 Å². The maximum atomic E-state index is 4.63. The van der Waals surface area contributed by atoms with Crippen molar-refractivity contribution in [1.29, 1.82) is 0 Å². The molecule has 0 bridgehead atoms. The first-order valence-electron chi connectivity index (χ1n) is 7.68. The zero-order valence-electron chi connectivity index (χ0n) is 11.9. The molecule has 0 aromatic carbocycles. The minimum Gasteiger partial charge on any atom is -0.370 e. The Morgan fingerprint density at radius 1 is 1.11 bits per heavy atom. The lowest BCUT2D eigenvalue weighted by Gasteiger charge is -2.19. The molecule has 1 heterocycles. The molecule has 0 amide bonds. The molecule has 0 saturated heterocycles. The van der Waals surface area contributed by atoms with Crippen molar-refractivity contribution in [2.24, 2.45) is 11.8 Å². The lowest BCUT2D eigenvalue weighted by molar-refractivity contribution is 0.565. The molecule has 1 aromatic rings. The van der Waals surface area contributed by atoms with Crippen molar-refractivity contribution in [3.63, 3.8) is 0 Å². The van der Waals surface area contributed by atoms with E-state index in [4.69, 9.17) is 0 Å². The van der Waals surface area contributed by atoms with Gasteiger partial charge in [-0.25, -0.2) is 9.97 Å². The van der Waals surface area contributed by atoms with E-state index in [-0.39, 0.29) is 0 Å². The van der Waals surface area contributed by atoms with Crippen LogP contribution < -0.4 is 10.6 Å². The molecule has 0 atom stereocenters. The monoisotopic (exact) mass is 260 g/mol. The molecular formula is C15H24N4. The van der Waals surface area contributed by atoms with Gasteiger partial charge in [0.15, 0.2) is 0 Å². The Labute approximate surface area is 115 Å². The third kappa shape index (κ3) is 3.17. The Balaban J connectivity index is 1.75. The van der Waals surface area contributed by atoms with Gasteiger partial charge in [-0.2, -0.15) is 0 Å². The summed E-state index contributed by atoms with van der Waals surface area (Å²) in [5.41, 5.74) is 0. The predicted molar refractivity (Wildman–Crippen MR) is 78.4 cm³/mol. The molecule has 2 aliphatic rings. The Morgan fingerprint density at radius 3 is 2.26 bits per heavy atom. The van der Waals surface area contributed by atoms with E-state index in [9.17, 15) is 0 Å². The maximum absolute atomic E-state index is 4.63. The molecule has 4 heteroatoms. The first-order valence-corrected chi connectivity index (χ1v) is 7.68. The SMILES string of the molecule is CCNc1cc(NC(C2CC2)C2CC2)nc(CC)n1. The molecule has 19 heavy (non-hydrogen) atoms. The van der Waals surface area contributed by atoms with Crippen LogP contribution in [0, 0.1) is 11.8 Å². The van der Waals surface area contributed by atoms with Crippen LogP contribution in [0.15, 0.2) is 6.07 Å². The van der Waals surface area contributed by atoms with Gasteiger partial charge in [0.2, 0.25) is 0 Å². The molecule has 0 spiro atoms. The number of hydrogen-bond acceptors (Lipinski definition) is 4. The molecule has 104 valence electrons. The summed E-state index contributed by atoms with van der Waals surface area (Å²) in [4.78, 5) is 9.14. The molecule has 0 radical (unpaired) electrons. The van der Waals surface area contributed by atoms with Crippen LogP contribution in [0.25, 0.3) is 0 Å². The smallest absolute Gasteiger partial charge is 0.132 e. The van der Waals surface area contributed by atoms with E-state index in [2.05, 4.69) is 40.5 Å².